The molecule has 1 heterocycles. The highest BCUT2D eigenvalue weighted by Gasteiger charge is 2.11. The molecule has 1 aliphatic rings. The Hall–Kier alpha value is -1.79. The van der Waals surface area contributed by atoms with Gasteiger partial charge < -0.3 is 14.2 Å². The molecular weight excluding hydrogens is 248 g/mol. The van der Waals surface area contributed by atoms with E-state index in [2.05, 4.69) is 5.43 Å². The number of carbonyl (C=O) groups excluding carboxylic acids is 1. The number of benzene rings is 1. The lowest BCUT2D eigenvalue weighted by molar-refractivity contribution is -0.129. The predicted octanol–water partition coefficient (Wildman–Crippen LogP) is 0.567. The third kappa shape index (κ3) is 4.11. The second-order valence-corrected chi connectivity index (χ2v) is 4.40. The number of nitrogens with zero attached hydrogens (tertiary/aromatic N) is 1. The van der Waals surface area contributed by atoms with Crippen LogP contribution in [-0.2, 0) is 16.1 Å². The van der Waals surface area contributed by atoms with E-state index in [1.54, 1.807) is 19.1 Å². The van der Waals surface area contributed by atoms with Crippen molar-refractivity contribution in [1.82, 2.24) is 10.4 Å². The molecular formula is C13H18N2O4. The van der Waals surface area contributed by atoms with Crippen molar-refractivity contribution in [3.05, 3.63) is 23.8 Å². The van der Waals surface area contributed by atoms with Crippen molar-refractivity contribution in [3.63, 3.8) is 0 Å². The van der Waals surface area contributed by atoms with Crippen molar-refractivity contribution in [2.24, 2.45) is 0 Å². The average molecular weight is 266 g/mol. The highest BCUT2D eigenvalue weighted by molar-refractivity contribution is 5.76. The zero-order valence-corrected chi connectivity index (χ0v) is 11.1. The van der Waals surface area contributed by atoms with Crippen LogP contribution in [-0.4, -0.2) is 44.8 Å². The van der Waals surface area contributed by atoms with Crippen molar-refractivity contribution >= 4 is 5.91 Å². The minimum Gasteiger partial charge on any atom is -0.486 e. The van der Waals surface area contributed by atoms with E-state index in [0.717, 1.165) is 17.1 Å². The number of hydrazine groups is 1. The topological polar surface area (TPSA) is 60.0 Å². The highest BCUT2D eigenvalue weighted by atomic mass is 16.6. The highest BCUT2D eigenvalue weighted by Crippen LogP contribution is 2.30. The summed E-state index contributed by atoms with van der Waals surface area (Å²) in [6, 6.07) is 5.63. The second kappa shape index (κ2) is 6.40. The van der Waals surface area contributed by atoms with E-state index in [1.165, 1.54) is 0 Å². The fourth-order valence-corrected chi connectivity index (χ4v) is 1.72. The third-order valence-corrected chi connectivity index (χ3v) is 2.46. The first-order valence-corrected chi connectivity index (χ1v) is 6.08. The van der Waals surface area contributed by atoms with Crippen molar-refractivity contribution in [1.29, 1.82) is 0 Å². The molecule has 1 N–H and O–H groups in total. The number of nitrogens with one attached hydrogen (secondary N) is 1. The summed E-state index contributed by atoms with van der Waals surface area (Å²) in [4.78, 5) is 11.4. The summed E-state index contributed by atoms with van der Waals surface area (Å²) in [5, 5.41) is 1.58. The minimum absolute atomic E-state index is 0.0205. The van der Waals surface area contributed by atoms with E-state index >= 15 is 0 Å². The third-order valence-electron chi connectivity index (χ3n) is 2.46. The summed E-state index contributed by atoms with van der Waals surface area (Å²) >= 11 is 0. The van der Waals surface area contributed by atoms with Crippen LogP contribution in [0.1, 0.15) is 5.56 Å². The zero-order valence-electron chi connectivity index (χ0n) is 11.1. The number of hydrogen-bond acceptors (Lipinski definition) is 5. The number of hydrogen-bond donors (Lipinski definition) is 1. The Kier molecular flexibility index (Phi) is 4.59. The summed E-state index contributed by atoms with van der Waals surface area (Å²) < 4.78 is 16.2. The average Bonchev–Trinajstić information content (AvgIpc) is 2.37. The molecule has 2 rings (SSSR count). The number of fused-ring (bicyclic) bond motifs is 1. The van der Waals surface area contributed by atoms with Gasteiger partial charge in [-0.15, -0.1) is 0 Å². The monoisotopic (exact) mass is 266 g/mol. The van der Waals surface area contributed by atoms with Crippen LogP contribution < -0.4 is 14.9 Å². The molecule has 104 valence electrons. The lowest BCUT2D eigenvalue weighted by Crippen LogP contribution is -2.38. The van der Waals surface area contributed by atoms with Gasteiger partial charge in [-0.25, -0.2) is 5.01 Å². The molecule has 0 spiro atoms. The molecule has 0 bridgehead atoms. The standard InChI is InChI=1S/C13H18N2O4/c1-15(2)14-13(16)9-17-8-10-3-4-11-12(7-10)19-6-5-18-11/h3-4,7H,5-6,8-9H2,1-2H3,(H,14,16). The lowest BCUT2D eigenvalue weighted by Gasteiger charge is -2.18. The molecule has 6 heteroatoms. The van der Waals surface area contributed by atoms with Gasteiger partial charge in [-0.1, -0.05) is 6.07 Å². The van der Waals surface area contributed by atoms with Crippen LogP contribution in [0.25, 0.3) is 0 Å². The van der Waals surface area contributed by atoms with E-state index in [0.29, 0.717) is 19.8 Å². The Morgan fingerprint density at radius 3 is 2.79 bits per heavy atom. The minimum atomic E-state index is -0.178. The lowest BCUT2D eigenvalue weighted by atomic mass is 10.2. The fraction of sp³-hybridized carbons (Fsp3) is 0.462. The van der Waals surface area contributed by atoms with Crippen molar-refractivity contribution in [2.45, 2.75) is 6.61 Å². The molecule has 1 aromatic carbocycles. The molecule has 0 fully saturated rings. The van der Waals surface area contributed by atoms with Gasteiger partial charge in [-0.2, -0.15) is 0 Å². The molecule has 1 amide bonds. The van der Waals surface area contributed by atoms with E-state index in [1.807, 2.05) is 18.2 Å². The normalized spacial score (nSPS) is 13.4. The van der Waals surface area contributed by atoms with Crippen LogP contribution in [0.2, 0.25) is 0 Å². The van der Waals surface area contributed by atoms with Crippen LogP contribution in [0.4, 0.5) is 0 Å². The first-order valence-electron chi connectivity index (χ1n) is 6.08. The second-order valence-electron chi connectivity index (χ2n) is 4.40. The Morgan fingerprint density at radius 1 is 1.32 bits per heavy atom. The van der Waals surface area contributed by atoms with Crippen LogP contribution >= 0.6 is 0 Å². The Labute approximate surface area is 112 Å². The molecule has 6 nitrogen and oxygen atoms in total. The quantitative estimate of drug-likeness (QED) is 0.789. The molecule has 0 unspecified atom stereocenters. The van der Waals surface area contributed by atoms with E-state index in [4.69, 9.17) is 14.2 Å². The van der Waals surface area contributed by atoms with Crippen LogP contribution in [0.3, 0.4) is 0 Å². The van der Waals surface area contributed by atoms with Crippen molar-refractivity contribution in [2.75, 3.05) is 33.9 Å². The Morgan fingerprint density at radius 2 is 2.05 bits per heavy atom. The Balaban J connectivity index is 1.81. The van der Waals surface area contributed by atoms with Gasteiger partial charge in [0, 0.05) is 14.1 Å². The molecule has 0 aromatic heterocycles. The molecule has 1 aliphatic heterocycles. The van der Waals surface area contributed by atoms with Gasteiger partial charge in [0.25, 0.3) is 5.91 Å². The van der Waals surface area contributed by atoms with Gasteiger partial charge in [0.2, 0.25) is 0 Å². The van der Waals surface area contributed by atoms with Gasteiger partial charge in [-0.3, -0.25) is 10.2 Å². The molecule has 0 radical (unpaired) electrons. The maximum Gasteiger partial charge on any atom is 0.260 e. The van der Waals surface area contributed by atoms with Gasteiger partial charge in [0.15, 0.2) is 11.5 Å². The molecule has 0 atom stereocenters. The first-order chi connectivity index (χ1) is 9.15. The summed E-state index contributed by atoms with van der Waals surface area (Å²) in [7, 11) is 3.50. The van der Waals surface area contributed by atoms with Crippen molar-refractivity contribution in [3.8, 4) is 11.5 Å². The number of carbonyl (C=O) groups is 1. The smallest absolute Gasteiger partial charge is 0.260 e. The predicted molar refractivity (Wildman–Crippen MR) is 68.9 cm³/mol. The molecule has 19 heavy (non-hydrogen) atoms. The van der Waals surface area contributed by atoms with E-state index in [-0.39, 0.29) is 12.5 Å². The zero-order chi connectivity index (χ0) is 13.7. The SMILES string of the molecule is CN(C)NC(=O)COCc1ccc2c(c1)OCCO2. The summed E-state index contributed by atoms with van der Waals surface area (Å²) in [6.07, 6.45) is 0. The summed E-state index contributed by atoms with van der Waals surface area (Å²) in [5.74, 6) is 1.30. The largest absolute Gasteiger partial charge is 0.486 e. The number of amides is 1. The van der Waals surface area contributed by atoms with E-state index < -0.39 is 0 Å². The first kappa shape index (κ1) is 13.6. The molecule has 1 aromatic rings. The van der Waals surface area contributed by atoms with Gasteiger partial charge in [0.05, 0.1) is 6.61 Å². The van der Waals surface area contributed by atoms with Crippen LogP contribution in [0.15, 0.2) is 18.2 Å². The van der Waals surface area contributed by atoms with Crippen LogP contribution in [0.5, 0.6) is 11.5 Å². The van der Waals surface area contributed by atoms with Gasteiger partial charge in [-0.05, 0) is 17.7 Å². The van der Waals surface area contributed by atoms with E-state index in [9.17, 15) is 4.79 Å². The van der Waals surface area contributed by atoms with Gasteiger partial charge in [0.1, 0.15) is 19.8 Å². The maximum absolute atomic E-state index is 11.4. The maximum atomic E-state index is 11.4. The summed E-state index contributed by atoms with van der Waals surface area (Å²) in [5.41, 5.74) is 3.55. The van der Waals surface area contributed by atoms with Crippen LogP contribution in [0, 0.1) is 0 Å². The van der Waals surface area contributed by atoms with Crippen molar-refractivity contribution < 1.29 is 19.0 Å². The number of rotatable bonds is 5. The summed E-state index contributed by atoms with van der Waals surface area (Å²) in [6.45, 7) is 1.51. The molecule has 0 saturated heterocycles. The molecule has 0 aliphatic carbocycles. The van der Waals surface area contributed by atoms with Gasteiger partial charge >= 0.3 is 0 Å². The number of ether oxygens (including phenoxy) is 3. The molecule has 0 saturated carbocycles. The Bertz CT molecular complexity index is 448. The fourth-order valence-electron chi connectivity index (χ4n) is 1.72.